The monoisotopic (exact) mass is 295 g/mol. The molecule has 0 fully saturated rings. The quantitative estimate of drug-likeness (QED) is 0.389. The average Bonchev–Trinajstić information content (AvgIpc) is 2.45. The first kappa shape index (κ1) is 17.1. The van der Waals surface area contributed by atoms with Crippen LogP contribution in [0.1, 0.15) is 52.9 Å². The van der Waals surface area contributed by atoms with Gasteiger partial charge in [0.2, 0.25) is 11.6 Å². The molecule has 7 nitrogen and oxygen atoms in total. The van der Waals surface area contributed by atoms with Crippen LogP contribution in [0, 0.1) is 10.1 Å². The Kier molecular flexibility index (Phi) is 7.42. The Bertz CT molecular complexity index is 453. The first-order chi connectivity index (χ1) is 10.1. The summed E-state index contributed by atoms with van der Waals surface area (Å²) in [6.45, 7) is 6.80. The number of hydrogen-bond donors (Lipinski definition) is 2. The molecule has 0 aromatic carbocycles. The SMILES string of the molecule is CCCCCC(C)Nc1ncnc(NCCC)c1[N+](=O)[O-]. The lowest BCUT2D eigenvalue weighted by Gasteiger charge is -2.15. The van der Waals surface area contributed by atoms with Gasteiger partial charge in [0, 0.05) is 12.6 Å². The van der Waals surface area contributed by atoms with Gasteiger partial charge >= 0.3 is 5.69 Å². The molecule has 7 heteroatoms. The highest BCUT2D eigenvalue weighted by atomic mass is 16.6. The minimum Gasteiger partial charge on any atom is -0.364 e. The highest BCUT2D eigenvalue weighted by molar-refractivity contribution is 5.69. The topological polar surface area (TPSA) is 93.0 Å². The van der Waals surface area contributed by atoms with Gasteiger partial charge in [0.25, 0.3) is 0 Å². The van der Waals surface area contributed by atoms with Crippen molar-refractivity contribution >= 4 is 17.3 Å². The third-order valence-corrected chi connectivity index (χ3v) is 3.17. The van der Waals surface area contributed by atoms with Crippen molar-refractivity contribution in [2.75, 3.05) is 17.2 Å². The van der Waals surface area contributed by atoms with Crippen LogP contribution in [-0.2, 0) is 0 Å². The molecular weight excluding hydrogens is 270 g/mol. The molecule has 0 bridgehead atoms. The van der Waals surface area contributed by atoms with E-state index in [-0.39, 0.29) is 23.4 Å². The summed E-state index contributed by atoms with van der Waals surface area (Å²) >= 11 is 0. The van der Waals surface area contributed by atoms with E-state index in [1.807, 2.05) is 13.8 Å². The lowest BCUT2D eigenvalue weighted by atomic mass is 10.1. The van der Waals surface area contributed by atoms with Gasteiger partial charge < -0.3 is 10.6 Å². The van der Waals surface area contributed by atoms with Crippen molar-refractivity contribution in [3.05, 3.63) is 16.4 Å². The first-order valence-corrected chi connectivity index (χ1v) is 7.59. The van der Waals surface area contributed by atoms with Crippen molar-refractivity contribution in [1.82, 2.24) is 9.97 Å². The van der Waals surface area contributed by atoms with E-state index in [4.69, 9.17) is 0 Å². The third kappa shape index (κ3) is 5.53. The second-order valence-electron chi connectivity index (χ2n) is 5.14. The van der Waals surface area contributed by atoms with Crippen molar-refractivity contribution < 1.29 is 4.92 Å². The first-order valence-electron chi connectivity index (χ1n) is 7.59. The molecular formula is C14H25N5O2. The van der Waals surface area contributed by atoms with Gasteiger partial charge in [-0.1, -0.05) is 33.1 Å². The Balaban J connectivity index is 2.82. The number of unbranched alkanes of at least 4 members (excludes halogenated alkanes) is 2. The standard InChI is InChI=1S/C14H25N5O2/c1-4-6-7-8-11(3)18-14-12(19(20)21)13(15-9-5-2)16-10-17-14/h10-11H,4-9H2,1-3H3,(H2,15,16,17,18). The number of anilines is 2. The summed E-state index contributed by atoms with van der Waals surface area (Å²) in [6.07, 6.45) is 6.62. The summed E-state index contributed by atoms with van der Waals surface area (Å²) in [5.74, 6) is 0.567. The van der Waals surface area contributed by atoms with E-state index in [9.17, 15) is 10.1 Å². The minimum absolute atomic E-state index is 0.0757. The molecule has 1 aromatic rings. The van der Waals surface area contributed by atoms with Crippen molar-refractivity contribution in [3.8, 4) is 0 Å². The fourth-order valence-electron chi connectivity index (χ4n) is 2.04. The van der Waals surface area contributed by atoms with Crippen LogP contribution in [-0.4, -0.2) is 27.5 Å². The van der Waals surface area contributed by atoms with Crippen molar-refractivity contribution in [2.45, 2.75) is 58.9 Å². The van der Waals surface area contributed by atoms with Crippen LogP contribution in [0.5, 0.6) is 0 Å². The van der Waals surface area contributed by atoms with Gasteiger partial charge in [0.1, 0.15) is 6.33 Å². The van der Waals surface area contributed by atoms with Gasteiger partial charge in [-0.2, -0.15) is 0 Å². The van der Waals surface area contributed by atoms with E-state index >= 15 is 0 Å². The molecule has 118 valence electrons. The number of hydrogen-bond acceptors (Lipinski definition) is 6. The van der Waals surface area contributed by atoms with Crippen LogP contribution in [0.3, 0.4) is 0 Å². The van der Waals surface area contributed by atoms with Crippen molar-refractivity contribution in [1.29, 1.82) is 0 Å². The molecule has 1 rings (SSSR count). The highest BCUT2D eigenvalue weighted by Crippen LogP contribution is 2.29. The second kappa shape index (κ2) is 9.10. The molecule has 0 amide bonds. The van der Waals surface area contributed by atoms with E-state index in [0.717, 1.165) is 25.7 Å². The van der Waals surface area contributed by atoms with Crippen LogP contribution in [0.15, 0.2) is 6.33 Å². The third-order valence-electron chi connectivity index (χ3n) is 3.17. The Morgan fingerprint density at radius 1 is 1.24 bits per heavy atom. The fraction of sp³-hybridized carbons (Fsp3) is 0.714. The summed E-state index contributed by atoms with van der Waals surface area (Å²) < 4.78 is 0. The van der Waals surface area contributed by atoms with E-state index in [1.54, 1.807) is 0 Å². The zero-order valence-corrected chi connectivity index (χ0v) is 13.1. The number of aromatic nitrogens is 2. The second-order valence-corrected chi connectivity index (χ2v) is 5.14. The molecule has 1 unspecified atom stereocenters. The van der Waals surface area contributed by atoms with Gasteiger partial charge in [0.05, 0.1) is 4.92 Å². The maximum atomic E-state index is 11.3. The summed E-state index contributed by atoms with van der Waals surface area (Å²) in [6, 6.07) is 0.143. The van der Waals surface area contributed by atoms with Crippen LogP contribution < -0.4 is 10.6 Å². The maximum absolute atomic E-state index is 11.3. The van der Waals surface area contributed by atoms with E-state index < -0.39 is 4.92 Å². The molecule has 0 spiro atoms. The summed E-state index contributed by atoms with van der Waals surface area (Å²) in [5, 5.41) is 17.4. The summed E-state index contributed by atoms with van der Waals surface area (Å²) in [5.41, 5.74) is -0.0757. The van der Waals surface area contributed by atoms with Gasteiger partial charge in [-0.05, 0) is 19.8 Å². The lowest BCUT2D eigenvalue weighted by molar-refractivity contribution is -0.383. The van der Waals surface area contributed by atoms with Gasteiger partial charge in [0.15, 0.2) is 0 Å². The Morgan fingerprint density at radius 3 is 2.57 bits per heavy atom. The molecule has 0 aliphatic rings. The van der Waals surface area contributed by atoms with Crippen LogP contribution >= 0.6 is 0 Å². The normalized spacial score (nSPS) is 12.0. The minimum atomic E-state index is -0.431. The number of nitrogens with zero attached hydrogens (tertiary/aromatic N) is 3. The molecule has 2 N–H and O–H groups in total. The Hall–Kier alpha value is -1.92. The Labute approximate surface area is 125 Å². The molecule has 21 heavy (non-hydrogen) atoms. The van der Waals surface area contributed by atoms with Crippen LogP contribution in [0.2, 0.25) is 0 Å². The molecule has 0 saturated heterocycles. The Morgan fingerprint density at radius 2 is 1.95 bits per heavy atom. The van der Waals surface area contributed by atoms with Gasteiger partial charge in [-0.3, -0.25) is 10.1 Å². The van der Waals surface area contributed by atoms with E-state index in [1.165, 1.54) is 12.7 Å². The smallest absolute Gasteiger partial charge is 0.353 e. The van der Waals surface area contributed by atoms with E-state index in [2.05, 4.69) is 27.5 Å². The zero-order valence-electron chi connectivity index (χ0n) is 13.1. The molecule has 0 saturated carbocycles. The molecule has 0 aliphatic heterocycles. The zero-order chi connectivity index (χ0) is 15.7. The van der Waals surface area contributed by atoms with Crippen molar-refractivity contribution in [3.63, 3.8) is 0 Å². The van der Waals surface area contributed by atoms with Crippen LogP contribution in [0.25, 0.3) is 0 Å². The molecule has 1 heterocycles. The number of rotatable bonds is 10. The molecule has 0 aliphatic carbocycles. The maximum Gasteiger partial charge on any atom is 0.353 e. The largest absolute Gasteiger partial charge is 0.364 e. The molecule has 0 radical (unpaired) electrons. The summed E-state index contributed by atoms with van der Waals surface area (Å²) in [7, 11) is 0. The lowest BCUT2D eigenvalue weighted by Crippen LogP contribution is -2.18. The average molecular weight is 295 g/mol. The molecule has 1 aromatic heterocycles. The van der Waals surface area contributed by atoms with E-state index in [0.29, 0.717) is 6.54 Å². The summed E-state index contributed by atoms with van der Waals surface area (Å²) in [4.78, 5) is 18.9. The predicted molar refractivity (Wildman–Crippen MR) is 84.7 cm³/mol. The predicted octanol–water partition coefficient (Wildman–Crippen LogP) is 3.59. The molecule has 1 atom stereocenters. The fourth-order valence-corrected chi connectivity index (χ4v) is 2.04. The van der Waals surface area contributed by atoms with Gasteiger partial charge in [-0.25, -0.2) is 9.97 Å². The number of nitro groups is 1. The van der Waals surface area contributed by atoms with Crippen molar-refractivity contribution in [2.24, 2.45) is 0 Å². The van der Waals surface area contributed by atoms with Gasteiger partial charge in [-0.15, -0.1) is 0 Å². The number of nitrogens with one attached hydrogen (secondary N) is 2. The van der Waals surface area contributed by atoms with Crippen LogP contribution in [0.4, 0.5) is 17.3 Å². The highest BCUT2D eigenvalue weighted by Gasteiger charge is 2.23.